The second kappa shape index (κ2) is 11.0. The van der Waals surface area contributed by atoms with E-state index in [4.69, 9.17) is 23.7 Å². The van der Waals surface area contributed by atoms with Gasteiger partial charge in [0.1, 0.15) is 18.3 Å². The lowest BCUT2D eigenvalue weighted by Gasteiger charge is -2.44. The highest BCUT2D eigenvalue weighted by Crippen LogP contribution is 2.46. The largest absolute Gasteiger partial charge is 0.414 e. The van der Waals surface area contributed by atoms with Crippen LogP contribution in [0, 0.1) is 0 Å². The quantitative estimate of drug-likeness (QED) is 0.323. The molecule has 1 fully saturated rings. The number of hydrogen-bond donors (Lipinski definition) is 2. The van der Waals surface area contributed by atoms with Gasteiger partial charge in [0.25, 0.3) is 5.56 Å². The molecule has 234 valence electrons. The van der Waals surface area contributed by atoms with E-state index in [0.717, 1.165) is 0 Å². The summed E-state index contributed by atoms with van der Waals surface area (Å²) >= 11 is 0. The van der Waals surface area contributed by atoms with E-state index in [9.17, 15) is 4.79 Å². The summed E-state index contributed by atoms with van der Waals surface area (Å²) in [7, 11) is -6.69. The first kappa shape index (κ1) is 34.1. The van der Waals surface area contributed by atoms with E-state index in [1.165, 1.54) is 0 Å². The first-order valence-electron chi connectivity index (χ1n) is 14.7. The molecule has 0 amide bonds. The molecule has 0 bridgehead atoms. The van der Waals surface area contributed by atoms with Crippen molar-refractivity contribution in [2.45, 2.75) is 141 Å². The second-order valence-corrected chi connectivity index (χ2v) is 30.4. The van der Waals surface area contributed by atoms with Crippen LogP contribution in [0.15, 0.2) is 11.1 Å². The average Bonchev–Trinajstić information content (AvgIpc) is 3.31. The van der Waals surface area contributed by atoms with Crippen molar-refractivity contribution in [2.24, 2.45) is 0 Å². The van der Waals surface area contributed by atoms with Crippen molar-refractivity contribution in [3.63, 3.8) is 0 Å². The second-order valence-electron chi connectivity index (χ2n) is 16.1. The van der Waals surface area contributed by atoms with E-state index in [1.54, 1.807) is 10.9 Å². The van der Waals surface area contributed by atoms with Crippen molar-refractivity contribution >= 4 is 42.1 Å². The zero-order chi connectivity index (χ0) is 31.6. The fourth-order valence-corrected chi connectivity index (χ4v) is 7.62. The van der Waals surface area contributed by atoms with Crippen molar-refractivity contribution in [3.05, 3.63) is 16.7 Å². The lowest BCUT2D eigenvalue weighted by molar-refractivity contribution is -0.0470. The van der Waals surface area contributed by atoms with Gasteiger partial charge in [0.15, 0.2) is 42.3 Å². The smallest absolute Gasteiger partial charge is 0.280 e. The molecule has 1 aliphatic rings. The van der Waals surface area contributed by atoms with Crippen molar-refractivity contribution in [1.29, 1.82) is 0 Å². The van der Waals surface area contributed by atoms with Gasteiger partial charge in [-0.2, -0.15) is 4.98 Å². The first-order chi connectivity index (χ1) is 18.3. The van der Waals surface area contributed by atoms with Gasteiger partial charge in [-0.05, 0) is 54.4 Å². The Bertz CT molecular complexity index is 1290. The molecule has 13 heteroatoms. The predicted octanol–water partition coefficient (Wildman–Crippen LogP) is 6.40. The number of fused-ring (bicyclic) bond motifs is 1. The molecule has 1 aliphatic heterocycles. The number of aromatic amines is 1. The Kier molecular flexibility index (Phi) is 9.13. The molecule has 41 heavy (non-hydrogen) atoms. The number of nitrogen functional groups attached to an aromatic ring is 1. The predicted molar refractivity (Wildman–Crippen MR) is 174 cm³/mol. The van der Waals surface area contributed by atoms with E-state index < -0.39 is 55.1 Å². The number of rotatable bonds is 8. The lowest BCUT2D eigenvalue weighted by atomic mass is 10.1. The van der Waals surface area contributed by atoms with Gasteiger partial charge in [0.2, 0.25) is 5.95 Å². The fourth-order valence-electron chi connectivity index (χ4n) is 4.00. The Hall–Kier alpha value is -1.36. The van der Waals surface area contributed by atoms with Crippen LogP contribution in [0.2, 0.25) is 54.4 Å². The van der Waals surface area contributed by atoms with Crippen molar-refractivity contribution in [2.75, 3.05) is 12.3 Å². The van der Waals surface area contributed by atoms with E-state index in [2.05, 4.69) is 117 Å². The maximum absolute atomic E-state index is 12.7. The maximum Gasteiger partial charge on any atom is 0.280 e. The van der Waals surface area contributed by atoms with Gasteiger partial charge in [-0.15, -0.1) is 0 Å². The van der Waals surface area contributed by atoms with E-state index in [-0.39, 0.29) is 26.6 Å². The molecule has 4 atom stereocenters. The molecule has 0 aliphatic carbocycles. The molecular formula is C28H55N5O5Si3. The van der Waals surface area contributed by atoms with Gasteiger partial charge in [0, 0.05) is 0 Å². The normalized spacial score (nSPS) is 23.5. The molecule has 3 heterocycles. The van der Waals surface area contributed by atoms with Crippen LogP contribution in [0.25, 0.3) is 11.2 Å². The number of aromatic nitrogens is 4. The summed E-state index contributed by atoms with van der Waals surface area (Å²) in [6.07, 6.45) is -0.297. The Labute approximate surface area is 249 Å². The molecule has 2 aromatic heterocycles. The van der Waals surface area contributed by atoms with Gasteiger partial charge >= 0.3 is 0 Å². The molecule has 3 rings (SSSR count). The third-order valence-electron chi connectivity index (χ3n) is 9.90. The van der Waals surface area contributed by atoms with E-state index >= 15 is 0 Å². The van der Waals surface area contributed by atoms with Gasteiger partial charge in [0.05, 0.1) is 12.9 Å². The highest BCUT2D eigenvalue weighted by molar-refractivity contribution is 6.75. The third kappa shape index (κ3) is 6.91. The standard InChI is InChI=1S/C28H55N5O5Si3/c1-26(2,3)39(10,11)35-16-18-20(37-40(12,13)27(4,5)6)21(38-41(14,15)28(7,8)9)24(36-18)33-17-30-19-22(33)31-25(29)32-23(19)34/h17-18,20-21,24H,16H2,1-15H3,(H3,29,31,32,34). The SMILES string of the molecule is CC(C)(C)[Si](C)(C)OCC1OC(n2cnc3c(=O)[nH]c(N)nc32)C(O[Si](C)(C)C(C)(C)C)C1O[Si](C)(C)C(C)(C)C. The molecule has 3 N–H and O–H groups in total. The number of anilines is 1. The average molecular weight is 626 g/mol. The number of H-pyrrole nitrogens is 1. The van der Waals surface area contributed by atoms with Crippen molar-refractivity contribution in [3.8, 4) is 0 Å². The van der Waals surface area contributed by atoms with E-state index in [1.807, 2.05) is 0 Å². The van der Waals surface area contributed by atoms with E-state index in [0.29, 0.717) is 12.3 Å². The van der Waals surface area contributed by atoms with Crippen LogP contribution < -0.4 is 11.3 Å². The summed E-state index contributed by atoms with van der Waals surface area (Å²) in [4.78, 5) is 24.0. The fraction of sp³-hybridized carbons (Fsp3) is 0.821. The van der Waals surface area contributed by atoms with Gasteiger partial charge in [-0.1, -0.05) is 62.3 Å². The molecule has 0 spiro atoms. The Morgan fingerprint density at radius 1 is 0.878 bits per heavy atom. The summed E-state index contributed by atoms with van der Waals surface area (Å²) in [5.74, 6) is 0.0241. The Morgan fingerprint density at radius 3 is 1.85 bits per heavy atom. The van der Waals surface area contributed by atoms with Gasteiger partial charge in [-0.25, -0.2) is 4.98 Å². The molecule has 4 unspecified atom stereocenters. The molecule has 1 saturated heterocycles. The number of imidazole rings is 1. The first-order valence-corrected chi connectivity index (χ1v) is 23.4. The van der Waals surface area contributed by atoms with Gasteiger partial charge in [-0.3, -0.25) is 14.3 Å². The van der Waals surface area contributed by atoms with Crippen LogP contribution >= 0.6 is 0 Å². The van der Waals surface area contributed by atoms with Crippen molar-refractivity contribution < 1.29 is 18.0 Å². The van der Waals surface area contributed by atoms with Gasteiger partial charge < -0.3 is 23.7 Å². The minimum atomic E-state index is -2.32. The summed E-state index contributed by atoms with van der Waals surface area (Å²) in [5.41, 5.74) is 6.13. The zero-order valence-electron chi connectivity index (χ0n) is 28.1. The molecule has 0 saturated carbocycles. The number of nitrogens with zero attached hydrogens (tertiary/aromatic N) is 3. The molecule has 2 aromatic rings. The maximum atomic E-state index is 12.7. The Morgan fingerprint density at radius 2 is 1.37 bits per heavy atom. The summed E-state index contributed by atoms with van der Waals surface area (Å²) in [5, 5.41) is -0.0328. The minimum Gasteiger partial charge on any atom is -0.414 e. The molecule has 10 nitrogen and oxygen atoms in total. The lowest BCUT2D eigenvalue weighted by Crippen LogP contribution is -2.54. The third-order valence-corrected chi connectivity index (χ3v) is 23.3. The van der Waals surface area contributed by atoms with Crippen LogP contribution in [0.4, 0.5) is 5.95 Å². The van der Waals surface area contributed by atoms with Crippen LogP contribution in [0.5, 0.6) is 0 Å². The highest BCUT2D eigenvalue weighted by Gasteiger charge is 2.55. The summed E-state index contributed by atoms with van der Waals surface area (Å²) < 4.78 is 29.8. The van der Waals surface area contributed by atoms with Crippen LogP contribution in [-0.2, 0) is 18.0 Å². The number of ether oxygens (including phenoxy) is 1. The number of nitrogens with one attached hydrogen (secondary N) is 1. The molecular weight excluding hydrogens is 571 g/mol. The van der Waals surface area contributed by atoms with Crippen LogP contribution in [0.1, 0.15) is 68.5 Å². The number of hydrogen-bond acceptors (Lipinski definition) is 8. The molecule has 0 aromatic carbocycles. The van der Waals surface area contributed by atoms with Crippen LogP contribution in [-0.4, -0.2) is 69.4 Å². The monoisotopic (exact) mass is 625 g/mol. The minimum absolute atomic E-state index is 0.0241. The Balaban J connectivity index is 2.18. The van der Waals surface area contributed by atoms with Crippen molar-refractivity contribution in [1.82, 2.24) is 19.5 Å². The number of nitrogens with two attached hydrogens (primary N) is 1. The topological polar surface area (TPSA) is 127 Å². The highest BCUT2D eigenvalue weighted by atomic mass is 28.4. The summed E-state index contributed by atoms with van der Waals surface area (Å²) in [6.45, 7) is 33.9. The zero-order valence-corrected chi connectivity index (χ0v) is 31.1. The summed E-state index contributed by atoms with van der Waals surface area (Å²) in [6, 6.07) is 0. The molecule has 0 radical (unpaired) electrons. The van der Waals surface area contributed by atoms with Crippen LogP contribution in [0.3, 0.4) is 0 Å².